The van der Waals surface area contributed by atoms with Gasteiger partial charge in [-0.2, -0.15) is 0 Å². The molecule has 4 rings (SSSR count). The van der Waals surface area contributed by atoms with Crippen LogP contribution < -0.4 is 0 Å². The number of allylic oxidation sites excluding steroid dienone is 1. The largest absolute Gasteiger partial charge is 0.296 e. The molecule has 0 radical (unpaired) electrons. The molecule has 0 N–H and O–H groups in total. The molecule has 3 aromatic rings. The zero-order valence-electron chi connectivity index (χ0n) is 15.7. The van der Waals surface area contributed by atoms with Crippen molar-refractivity contribution in [2.75, 3.05) is 7.05 Å². The van der Waals surface area contributed by atoms with Crippen LogP contribution in [0.5, 0.6) is 0 Å². The molecule has 1 atom stereocenters. The standard InChI is InChI=1S/C25H25N.ClH/c1-26(20-21-11-5-2-6-12-21)24-17-18-25(19-24,22-13-7-3-8-14-22)23-15-9-4-10-16-23;/h2-18,24H,19-20H2,1H3;1H. The van der Waals surface area contributed by atoms with Crippen molar-refractivity contribution in [3.05, 3.63) is 120 Å². The SMILES string of the molecule is CN(Cc1ccccc1)C1C=CC(c2ccccc2)(c2ccccc2)C1.Cl. The van der Waals surface area contributed by atoms with E-state index in [-0.39, 0.29) is 17.8 Å². The first-order chi connectivity index (χ1) is 12.8. The summed E-state index contributed by atoms with van der Waals surface area (Å²) in [6, 6.07) is 33.0. The Hall–Kier alpha value is -2.35. The molecule has 27 heavy (non-hydrogen) atoms. The number of rotatable bonds is 5. The summed E-state index contributed by atoms with van der Waals surface area (Å²) in [6.07, 6.45) is 5.89. The monoisotopic (exact) mass is 375 g/mol. The van der Waals surface area contributed by atoms with E-state index >= 15 is 0 Å². The van der Waals surface area contributed by atoms with Crippen LogP contribution in [0.25, 0.3) is 0 Å². The van der Waals surface area contributed by atoms with Crippen LogP contribution in [0.1, 0.15) is 23.1 Å². The predicted molar refractivity (Wildman–Crippen MR) is 116 cm³/mol. The van der Waals surface area contributed by atoms with Crippen molar-refractivity contribution in [2.24, 2.45) is 0 Å². The van der Waals surface area contributed by atoms with Gasteiger partial charge < -0.3 is 0 Å². The molecule has 1 aliphatic rings. The van der Waals surface area contributed by atoms with Crippen LogP contribution in [0.2, 0.25) is 0 Å². The third kappa shape index (κ3) is 4.00. The van der Waals surface area contributed by atoms with Crippen LogP contribution in [0.4, 0.5) is 0 Å². The van der Waals surface area contributed by atoms with Gasteiger partial charge in [-0.3, -0.25) is 4.90 Å². The summed E-state index contributed by atoms with van der Waals surface area (Å²) in [5, 5.41) is 0. The first-order valence-corrected chi connectivity index (χ1v) is 9.32. The van der Waals surface area contributed by atoms with E-state index in [1.54, 1.807) is 0 Å². The van der Waals surface area contributed by atoms with Crippen molar-refractivity contribution < 1.29 is 0 Å². The molecule has 3 aromatic carbocycles. The van der Waals surface area contributed by atoms with Gasteiger partial charge in [0.15, 0.2) is 0 Å². The van der Waals surface area contributed by atoms with Gasteiger partial charge in [-0.15, -0.1) is 12.4 Å². The summed E-state index contributed by atoms with van der Waals surface area (Å²) in [6.45, 7) is 0.968. The van der Waals surface area contributed by atoms with Crippen molar-refractivity contribution in [1.82, 2.24) is 4.90 Å². The molecule has 2 heteroatoms. The Balaban J connectivity index is 0.00000210. The summed E-state index contributed by atoms with van der Waals surface area (Å²) in [5.74, 6) is 0. The average Bonchev–Trinajstić information content (AvgIpc) is 3.17. The normalized spacial score (nSPS) is 17.6. The minimum absolute atomic E-state index is 0. The van der Waals surface area contributed by atoms with Crippen molar-refractivity contribution in [2.45, 2.75) is 24.4 Å². The minimum atomic E-state index is -0.0435. The summed E-state index contributed by atoms with van der Waals surface area (Å²) >= 11 is 0. The lowest BCUT2D eigenvalue weighted by molar-refractivity contribution is 0.257. The molecule has 0 aromatic heterocycles. The quantitative estimate of drug-likeness (QED) is 0.505. The molecule has 0 spiro atoms. The van der Waals surface area contributed by atoms with Crippen molar-refractivity contribution in [3.63, 3.8) is 0 Å². The summed E-state index contributed by atoms with van der Waals surface area (Å²) in [7, 11) is 2.23. The molecule has 0 aliphatic heterocycles. The molecule has 138 valence electrons. The Morgan fingerprint density at radius 1 is 0.778 bits per heavy atom. The van der Waals surface area contributed by atoms with Gasteiger partial charge in [0.1, 0.15) is 0 Å². The number of nitrogens with zero attached hydrogens (tertiary/aromatic N) is 1. The lowest BCUT2D eigenvalue weighted by atomic mass is 9.73. The van der Waals surface area contributed by atoms with Crippen LogP contribution in [0, 0.1) is 0 Å². The van der Waals surface area contributed by atoms with Crippen LogP contribution in [0.3, 0.4) is 0 Å². The zero-order chi connectivity index (χ0) is 17.8. The Morgan fingerprint density at radius 2 is 1.26 bits per heavy atom. The Kier molecular flexibility index (Phi) is 6.15. The van der Waals surface area contributed by atoms with Crippen LogP contribution in [-0.2, 0) is 12.0 Å². The number of likely N-dealkylation sites (N-methyl/N-ethyl adjacent to an activating group) is 1. The number of hydrogen-bond acceptors (Lipinski definition) is 1. The van der Waals surface area contributed by atoms with Gasteiger partial charge in [-0.05, 0) is 30.2 Å². The Morgan fingerprint density at radius 3 is 1.78 bits per heavy atom. The molecule has 0 amide bonds. The van der Waals surface area contributed by atoms with E-state index in [9.17, 15) is 0 Å². The molecule has 1 unspecified atom stereocenters. The van der Waals surface area contributed by atoms with Crippen molar-refractivity contribution in [1.29, 1.82) is 0 Å². The maximum absolute atomic E-state index is 2.46. The highest BCUT2D eigenvalue weighted by molar-refractivity contribution is 5.85. The predicted octanol–water partition coefficient (Wildman–Crippen LogP) is 5.86. The third-order valence-electron chi connectivity index (χ3n) is 5.55. The van der Waals surface area contributed by atoms with Crippen LogP contribution >= 0.6 is 12.4 Å². The fourth-order valence-corrected chi connectivity index (χ4v) is 4.10. The van der Waals surface area contributed by atoms with E-state index in [0.29, 0.717) is 6.04 Å². The second-order valence-electron chi connectivity index (χ2n) is 7.23. The van der Waals surface area contributed by atoms with Crippen molar-refractivity contribution in [3.8, 4) is 0 Å². The molecular formula is C25H26ClN. The van der Waals surface area contributed by atoms with Gasteiger partial charge in [-0.1, -0.05) is 103 Å². The number of halogens is 1. The zero-order valence-corrected chi connectivity index (χ0v) is 16.5. The van der Waals surface area contributed by atoms with Gasteiger partial charge in [0.2, 0.25) is 0 Å². The van der Waals surface area contributed by atoms with E-state index in [2.05, 4.69) is 115 Å². The third-order valence-corrected chi connectivity index (χ3v) is 5.55. The molecule has 0 heterocycles. The van der Waals surface area contributed by atoms with Gasteiger partial charge in [0, 0.05) is 18.0 Å². The van der Waals surface area contributed by atoms with Gasteiger partial charge in [0.05, 0.1) is 0 Å². The molecule has 1 nitrogen and oxygen atoms in total. The second-order valence-corrected chi connectivity index (χ2v) is 7.23. The minimum Gasteiger partial charge on any atom is -0.296 e. The fraction of sp³-hybridized carbons (Fsp3) is 0.200. The smallest absolute Gasteiger partial charge is 0.0400 e. The second kappa shape index (κ2) is 8.56. The van der Waals surface area contributed by atoms with E-state index in [4.69, 9.17) is 0 Å². The molecule has 0 saturated heterocycles. The maximum Gasteiger partial charge on any atom is 0.0400 e. The highest BCUT2D eigenvalue weighted by Crippen LogP contribution is 2.43. The molecule has 0 bridgehead atoms. The topological polar surface area (TPSA) is 3.24 Å². The number of benzene rings is 3. The highest BCUT2D eigenvalue weighted by Gasteiger charge is 2.38. The van der Waals surface area contributed by atoms with E-state index < -0.39 is 0 Å². The molecule has 0 saturated carbocycles. The number of hydrogen-bond donors (Lipinski definition) is 0. The summed E-state index contributed by atoms with van der Waals surface area (Å²) in [5.41, 5.74) is 4.06. The summed E-state index contributed by atoms with van der Waals surface area (Å²) < 4.78 is 0. The maximum atomic E-state index is 2.46. The van der Waals surface area contributed by atoms with Crippen molar-refractivity contribution >= 4 is 12.4 Å². The van der Waals surface area contributed by atoms with E-state index in [1.807, 2.05) is 0 Å². The lowest BCUT2D eigenvalue weighted by Crippen LogP contribution is -2.33. The Labute approximate surface area is 168 Å². The van der Waals surface area contributed by atoms with E-state index in [1.165, 1.54) is 16.7 Å². The Bertz CT molecular complexity index is 819. The average molecular weight is 376 g/mol. The fourth-order valence-electron chi connectivity index (χ4n) is 4.10. The highest BCUT2D eigenvalue weighted by atomic mass is 35.5. The molecular weight excluding hydrogens is 350 g/mol. The summed E-state index contributed by atoms with van der Waals surface area (Å²) in [4.78, 5) is 2.46. The van der Waals surface area contributed by atoms with E-state index in [0.717, 1.165) is 13.0 Å². The first-order valence-electron chi connectivity index (χ1n) is 9.32. The van der Waals surface area contributed by atoms with Gasteiger partial charge >= 0.3 is 0 Å². The molecule has 0 fully saturated rings. The van der Waals surface area contributed by atoms with Crippen LogP contribution in [0.15, 0.2) is 103 Å². The van der Waals surface area contributed by atoms with Crippen LogP contribution in [-0.4, -0.2) is 18.0 Å². The lowest BCUT2D eigenvalue weighted by Gasteiger charge is -2.32. The van der Waals surface area contributed by atoms with Gasteiger partial charge in [0.25, 0.3) is 0 Å². The van der Waals surface area contributed by atoms with Gasteiger partial charge in [-0.25, -0.2) is 0 Å². The first kappa shape index (κ1) is 19.4. The molecule has 1 aliphatic carbocycles.